The van der Waals surface area contributed by atoms with Crippen LogP contribution in [0.4, 0.5) is 0 Å². The first-order chi connectivity index (χ1) is 7.11. The maximum Gasteiger partial charge on any atom is 0.320 e. The first-order valence-corrected chi connectivity index (χ1v) is 5.60. The van der Waals surface area contributed by atoms with Gasteiger partial charge in [0.1, 0.15) is 0 Å². The highest BCUT2D eigenvalue weighted by atomic mass is 16.5. The number of hydrogen-bond acceptors (Lipinski definition) is 4. The second-order valence-electron chi connectivity index (χ2n) is 4.65. The van der Waals surface area contributed by atoms with E-state index in [0.717, 1.165) is 19.5 Å². The van der Waals surface area contributed by atoms with Crippen molar-refractivity contribution in [1.82, 2.24) is 4.90 Å². The molecule has 0 aromatic rings. The fraction of sp³-hybridized carbons (Fsp3) is 0.909. The quantitative estimate of drug-likeness (QED) is 0.678. The summed E-state index contributed by atoms with van der Waals surface area (Å²) in [5, 5.41) is 8.95. The van der Waals surface area contributed by atoms with E-state index in [4.69, 9.17) is 9.84 Å². The van der Waals surface area contributed by atoms with E-state index in [2.05, 4.69) is 0 Å². The highest BCUT2D eigenvalue weighted by molar-refractivity contribution is 5.71. The van der Waals surface area contributed by atoms with E-state index in [1.165, 1.54) is 0 Å². The van der Waals surface area contributed by atoms with Gasteiger partial charge in [0.25, 0.3) is 0 Å². The molecule has 0 amide bonds. The van der Waals surface area contributed by atoms with Crippen molar-refractivity contribution in [2.75, 3.05) is 32.8 Å². The van der Waals surface area contributed by atoms with Crippen LogP contribution in [-0.2, 0) is 9.53 Å². The first-order valence-electron chi connectivity index (χ1n) is 5.60. The summed E-state index contributed by atoms with van der Waals surface area (Å²) in [6, 6.07) is 0. The summed E-state index contributed by atoms with van der Waals surface area (Å²) in [5.41, 5.74) is 0. The van der Waals surface area contributed by atoms with Crippen LogP contribution in [-0.4, -0.2) is 48.8 Å². The normalized spacial score (nSPS) is 22.3. The van der Waals surface area contributed by atoms with E-state index >= 15 is 0 Å². The lowest BCUT2D eigenvalue weighted by Crippen LogP contribution is -2.30. The number of rotatable bonds is 5. The van der Waals surface area contributed by atoms with Crippen molar-refractivity contribution in [3.05, 3.63) is 0 Å². The molecule has 0 radical (unpaired) electrons. The van der Waals surface area contributed by atoms with Crippen LogP contribution in [0.2, 0.25) is 0 Å². The van der Waals surface area contributed by atoms with Crippen molar-refractivity contribution in [2.45, 2.75) is 20.3 Å². The number of ether oxygens (including phenoxy) is 1. The molecule has 0 aromatic carbocycles. The summed E-state index contributed by atoms with van der Waals surface area (Å²) in [4.78, 5) is 13.4. The molecule has 15 heavy (non-hydrogen) atoms. The zero-order valence-corrected chi connectivity index (χ0v) is 9.61. The molecule has 88 valence electrons. The maximum absolute atomic E-state index is 11.4. The van der Waals surface area contributed by atoms with Gasteiger partial charge in [0, 0.05) is 13.2 Å². The highest BCUT2D eigenvalue weighted by Gasteiger charge is 2.23. The number of aliphatic hydroxyl groups is 1. The van der Waals surface area contributed by atoms with Gasteiger partial charge in [-0.25, -0.2) is 0 Å². The molecule has 1 heterocycles. The van der Waals surface area contributed by atoms with Crippen LogP contribution in [0.25, 0.3) is 0 Å². The van der Waals surface area contributed by atoms with Crippen LogP contribution in [0, 0.1) is 11.8 Å². The molecule has 0 aliphatic carbocycles. The van der Waals surface area contributed by atoms with Gasteiger partial charge in [0.05, 0.1) is 13.2 Å². The summed E-state index contributed by atoms with van der Waals surface area (Å²) in [6.07, 6.45) is 0.980. The molecule has 1 saturated heterocycles. The molecule has 1 N–H and O–H groups in total. The van der Waals surface area contributed by atoms with Crippen LogP contribution < -0.4 is 0 Å². The summed E-state index contributed by atoms with van der Waals surface area (Å²) < 4.78 is 5.09. The van der Waals surface area contributed by atoms with E-state index in [1.807, 2.05) is 18.7 Å². The van der Waals surface area contributed by atoms with Crippen LogP contribution in [0.15, 0.2) is 0 Å². The Balaban J connectivity index is 2.16. The second kappa shape index (κ2) is 6.08. The molecular formula is C11H21NO3. The Hall–Kier alpha value is -0.610. The minimum absolute atomic E-state index is 0.151. The number of likely N-dealkylation sites (tertiary alicyclic amines) is 1. The van der Waals surface area contributed by atoms with Crippen LogP contribution in [0.3, 0.4) is 0 Å². The molecule has 1 atom stereocenters. The Morgan fingerprint density at radius 1 is 1.60 bits per heavy atom. The topological polar surface area (TPSA) is 49.8 Å². The van der Waals surface area contributed by atoms with Crippen molar-refractivity contribution < 1.29 is 14.6 Å². The van der Waals surface area contributed by atoms with E-state index in [1.54, 1.807) is 0 Å². The SMILES string of the molecule is CC(C)COC(=O)CN1CCC(CO)C1. The molecule has 0 aromatic heterocycles. The van der Waals surface area contributed by atoms with Crippen molar-refractivity contribution in [1.29, 1.82) is 0 Å². The van der Waals surface area contributed by atoms with E-state index in [9.17, 15) is 4.79 Å². The van der Waals surface area contributed by atoms with Crippen molar-refractivity contribution in [2.24, 2.45) is 11.8 Å². The minimum atomic E-state index is -0.151. The van der Waals surface area contributed by atoms with Gasteiger partial charge in [-0.05, 0) is 24.8 Å². The van der Waals surface area contributed by atoms with Gasteiger partial charge in [-0.1, -0.05) is 13.8 Å². The van der Waals surface area contributed by atoms with Gasteiger partial charge in [0.15, 0.2) is 0 Å². The fourth-order valence-electron chi connectivity index (χ4n) is 1.69. The Morgan fingerprint density at radius 2 is 2.33 bits per heavy atom. The number of carbonyl (C=O) groups excluding carboxylic acids is 1. The van der Waals surface area contributed by atoms with Gasteiger partial charge in [0.2, 0.25) is 0 Å². The summed E-state index contributed by atoms with van der Waals surface area (Å²) in [7, 11) is 0. The van der Waals surface area contributed by atoms with E-state index in [0.29, 0.717) is 25.0 Å². The minimum Gasteiger partial charge on any atom is -0.464 e. The maximum atomic E-state index is 11.4. The first kappa shape index (κ1) is 12.5. The monoisotopic (exact) mass is 215 g/mol. The average molecular weight is 215 g/mol. The lowest BCUT2D eigenvalue weighted by atomic mass is 10.1. The zero-order valence-electron chi connectivity index (χ0n) is 9.61. The van der Waals surface area contributed by atoms with Gasteiger partial charge < -0.3 is 9.84 Å². The molecule has 0 bridgehead atoms. The lowest BCUT2D eigenvalue weighted by molar-refractivity contribution is -0.145. The van der Waals surface area contributed by atoms with Gasteiger partial charge >= 0.3 is 5.97 Å². The summed E-state index contributed by atoms with van der Waals surface area (Å²) >= 11 is 0. The highest BCUT2D eigenvalue weighted by Crippen LogP contribution is 2.14. The summed E-state index contributed by atoms with van der Waals surface area (Å²) in [5.74, 6) is 0.572. The smallest absolute Gasteiger partial charge is 0.320 e. The Bertz CT molecular complexity index is 206. The van der Waals surface area contributed by atoms with E-state index < -0.39 is 0 Å². The third kappa shape index (κ3) is 4.62. The lowest BCUT2D eigenvalue weighted by Gasteiger charge is -2.15. The zero-order chi connectivity index (χ0) is 11.3. The molecule has 0 saturated carbocycles. The third-order valence-corrected chi connectivity index (χ3v) is 2.56. The predicted molar refractivity (Wildman–Crippen MR) is 57.4 cm³/mol. The molecular weight excluding hydrogens is 194 g/mol. The van der Waals surface area contributed by atoms with Gasteiger partial charge in [-0.2, -0.15) is 0 Å². The fourth-order valence-corrected chi connectivity index (χ4v) is 1.69. The molecule has 1 fully saturated rings. The molecule has 4 heteroatoms. The largest absolute Gasteiger partial charge is 0.464 e. The molecule has 4 nitrogen and oxygen atoms in total. The standard InChI is InChI=1S/C11H21NO3/c1-9(2)8-15-11(14)6-12-4-3-10(5-12)7-13/h9-10,13H,3-8H2,1-2H3. The number of carbonyl (C=O) groups is 1. The van der Waals surface area contributed by atoms with E-state index in [-0.39, 0.29) is 12.6 Å². The summed E-state index contributed by atoms with van der Waals surface area (Å²) in [6.45, 7) is 6.82. The molecule has 0 spiro atoms. The third-order valence-electron chi connectivity index (χ3n) is 2.56. The van der Waals surface area contributed by atoms with Crippen molar-refractivity contribution >= 4 is 5.97 Å². The van der Waals surface area contributed by atoms with Crippen molar-refractivity contribution in [3.63, 3.8) is 0 Å². The number of esters is 1. The van der Waals surface area contributed by atoms with Crippen LogP contribution in [0.1, 0.15) is 20.3 Å². The van der Waals surface area contributed by atoms with Crippen LogP contribution in [0.5, 0.6) is 0 Å². The second-order valence-corrected chi connectivity index (χ2v) is 4.65. The number of hydrogen-bond donors (Lipinski definition) is 1. The Morgan fingerprint density at radius 3 is 2.87 bits per heavy atom. The molecule has 1 aliphatic rings. The molecule has 1 rings (SSSR count). The molecule has 1 unspecified atom stereocenters. The van der Waals surface area contributed by atoms with Gasteiger partial charge in [-0.3, -0.25) is 9.69 Å². The average Bonchev–Trinajstić information content (AvgIpc) is 2.62. The number of aliphatic hydroxyl groups excluding tert-OH is 1. The Labute approximate surface area is 91.2 Å². The predicted octanol–water partition coefficient (Wildman–Crippen LogP) is 0.500. The van der Waals surface area contributed by atoms with Crippen LogP contribution >= 0.6 is 0 Å². The van der Waals surface area contributed by atoms with Crippen molar-refractivity contribution in [3.8, 4) is 0 Å². The molecule has 1 aliphatic heterocycles. The number of nitrogens with zero attached hydrogens (tertiary/aromatic N) is 1. The Kier molecular flexibility index (Phi) is 5.05. The van der Waals surface area contributed by atoms with Gasteiger partial charge in [-0.15, -0.1) is 0 Å².